The quantitative estimate of drug-likeness (QED) is 0.308. The van der Waals surface area contributed by atoms with Crippen LogP contribution in [0.1, 0.15) is 44.4 Å². The zero-order valence-electron chi connectivity index (χ0n) is 20.0. The molecule has 2 aromatic carbocycles. The summed E-state index contributed by atoms with van der Waals surface area (Å²) in [7, 11) is 4.51. The molecule has 3 heteroatoms. The highest BCUT2D eigenvalue weighted by Crippen LogP contribution is 2.24. The van der Waals surface area contributed by atoms with E-state index in [4.69, 9.17) is 9.47 Å². The molecule has 0 unspecified atom stereocenters. The molecule has 3 nitrogen and oxygen atoms in total. The molecule has 0 radical (unpaired) electrons. The van der Waals surface area contributed by atoms with Crippen LogP contribution in [0.3, 0.4) is 0 Å². The van der Waals surface area contributed by atoms with Crippen molar-refractivity contribution in [1.82, 2.24) is 0 Å². The third kappa shape index (κ3) is 9.32. The lowest BCUT2D eigenvalue weighted by molar-refractivity contribution is -0.904. The van der Waals surface area contributed by atoms with Crippen molar-refractivity contribution in [3.63, 3.8) is 0 Å². The Kier molecular flexibility index (Phi) is 9.87. The van der Waals surface area contributed by atoms with Crippen LogP contribution in [0, 0.1) is 11.8 Å². The zero-order chi connectivity index (χ0) is 22.0. The van der Waals surface area contributed by atoms with Crippen molar-refractivity contribution in [2.75, 3.05) is 40.5 Å². The maximum atomic E-state index is 6.10. The van der Waals surface area contributed by atoms with E-state index in [0.29, 0.717) is 25.0 Å². The van der Waals surface area contributed by atoms with Crippen molar-refractivity contribution in [3.8, 4) is 5.75 Å². The highest BCUT2D eigenvalue weighted by molar-refractivity contribution is 5.38. The maximum absolute atomic E-state index is 6.10. The molecule has 0 aromatic heterocycles. The topological polar surface area (TPSA) is 18.5 Å². The zero-order valence-corrected chi connectivity index (χ0v) is 20.0. The van der Waals surface area contributed by atoms with Crippen LogP contribution in [0.25, 0.3) is 0 Å². The van der Waals surface area contributed by atoms with Gasteiger partial charge in [0.05, 0.1) is 27.3 Å². The van der Waals surface area contributed by atoms with Crippen LogP contribution in [-0.4, -0.2) is 44.9 Å². The summed E-state index contributed by atoms with van der Waals surface area (Å²) in [6.45, 7) is 13.0. The van der Waals surface area contributed by atoms with E-state index in [1.165, 1.54) is 16.7 Å². The third-order valence-corrected chi connectivity index (χ3v) is 5.18. The van der Waals surface area contributed by atoms with Crippen LogP contribution in [0.5, 0.6) is 5.75 Å². The van der Waals surface area contributed by atoms with Gasteiger partial charge in [-0.2, -0.15) is 0 Å². The Labute approximate surface area is 184 Å². The van der Waals surface area contributed by atoms with E-state index in [2.05, 4.69) is 90.3 Å². The smallest absolute Gasteiger partial charge is 0.122 e. The molecular weight excluding hydrogens is 370 g/mol. The van der Waals surface area contributed by atoms with Crippen LogP contribution >= 0.6 is 0 Å². The van der Waals surface area contributed by atoms with Gasteiger partial charge in [-0.3, -0.25) is 0 Å². The van der Waals surface area contributed by atoms with Crippen molar-refractivity contribution in [2.45, 2.75) is 47.1 Å². The highest BCUT2D eigenvalue weighted by Gasteiger charge is 2.15. The van der Waals surface area contributed by atoms with E-state index in [1.807, 2.05) is 0 Å². The molecule has 30 heavy (non-hydrogen) atoms. The summed E-state index contributed by atoms with van der Waals surface area (Å²) >= 11 is 0. The van der Waals surface area contributed by atoms with Crippen LogP contribution in [0.4, 0.5) is 0 Å². The normalized spacial score (nSPS) is 12.0. The van der Waals surface area contributed by atoms with Gasteiger partial charge in [-0.05, 0) is 41.9 Å². The highest BCUT2D eigenvalue weighted by atomic mass is 16.5. The first-order chi connectivity index (χ1) is 14.2. The second-order valence-electron chi connectivity index (χ2n) is 9.90. The lowest BCUT2D eigenvalue weighted by Gasteiger charge is -2.29. The van der Waals surface area contributed by atoms with E-state index in [0.717, 1.165) is 42.8 Å². The first-order valence-electron chi connectivity index (χ1n) is 11.4. The van der Waals surface area contributed by atoms with Crippen LogP contribution in [0.2, 0.25) is 0 Å². The van der Waals surface area contributed by atoms with Crippen molar-refractivity contribution >= 4 is 0 Å². The fourth-order valence-corrected chi connectivity index (χ4v) is 3.75. The number of nitrogens with zero attached hydrogens (tertiary/aromatic N) is 1. The minimum Gasteiger partial charge on any atom is -0.491 e. The summed E-state index contributed by atoms with van der Waals surface area (Å²) in [5.74, 6) is 2.30. The van der Waals surface area contributed by atoms with Gasteiger partial charge in [-0.1, -0.05) is 70.2 Å². The predicted molar refractivity (Wildman–Crippen MR) is 127 cm³/mol. The fourth-order valence-electron chi connectivity index (χ4n) is 3.75. The van der Waals surface area contributed by atoms with E-state index < -0.39 is 0 Å². The Hall–Kier alpha value is -1.84. The molecule has 0 saturated carbocycles. The van der Waals surface area contributed by atoms with Gasteiger partial charge in [0.25, 0.3) is 0 Å². The van der Waals surface area contributed by atoms with Crippen molar-refractivity contribution in [3.05, 3.63) is 65.2 Å². The van der Waals surface area contributed by atoms with Gasteiger partial charge in [0, 0.05) is 5.56 Å². The van der Waals surface area contributed by atoms with E-state index in [1.54, 1.807) is 0 Å². The molecule has 0 aliphatic carbocycles. The molecular formula is C27H42NO2+. The van der Waals surface area contributed by atoms with Gasteiger partial charge in [-0.25, -0.2) is 0 Å². The first-order valence-corrected chi connectivity index (χ1v) is 11.4. The van der Waals surface area contributed by atoms with E-state index >= 15 is 0 Å². The average molecular weight is 413 g/mol. The standard InChI is InChI=1S/C27H42NO2/c1-22(2)18-25-12-13-27(26(20-25)19-23(3)4)30-17-16-29-15-14-28(5,6)21-24-10-8-7-9-11-24/h7-13,20,22-23H,14-19,21H2,1-6H3/q+1. The summed E-state index contributed by atoms with van der Waals surface area (Å²) in [6, 6.07) is 17.3. The Morgan fingerprint density at radius 2 is 1.47 bits per heavy atom. The largest absolute Gasteiger partial charge is 0.491 e. The minimum atomic E-state index is 0.598. The number of rotatable bonds is 13. The summed E-state index contributed by atoms with van der Waals surface area (Å²) in [5, 5.41) is 0. The predicted octanol–water partition coefficient (Wildman–Crippen LogP) is 5.76. The number of hydrogen-bond donors (Lipinski definition) is 0. The Morgan fingerprint density at radius 3 is 2.13 bits per heavy atom. The number of ether oxygens (including phenoxy) is 2. The molecule has 2 rings (SSSR count). The SMILES string of the molecule is CC(C)Cc1ccc(OCCOCC[N+](C)(C)Cc2ccccc2)c(CC(C)C)c1. The summed E-state index contributed by atoms with van der Waals surface area (Å²) in [6.07, 6.45) is 2.17. The average Bonchev–Trinajstić information content (AvgIpc) is 2.65. The summed E-state index contributed by atoms with van der Waals surface area (Å²) in [4.78, 5) is 0. The molecule has 0 atom stereocenters. The second kappa shape index (κ2) is 12.1. The first kappa shape index (κ1) is 24.4. The van der Waals surface area contributed by atoms with Gasteiger partial charge < -0.3 is 14.0 Å². The molecule has 2 aromatic rings. The fraction of sp³-hybridized carbons (Fsp3) is 0.556. The molecule has 0 aliphatic rings. The minimum absolute atomic E-state index is 0.598. The number of likely N-dealkylation sites (N-methyl/N-ethyl adjacent to an activating group) is 1. The Balaban J connectivity index is 1.76. The summed E-state index contributed by atoms with van der Waals surface area (Å²) in [5.41, 5.74) is 4.09. The molecule has 166 valence electrons. The Bertz CT molecular complexity index is 738. The van der Waals surface area contributed by atoms with Gasteiger partial charge >= 0.3 is 0 Å². The molecule has 0 heterocycles. The number of hydrogen-bond acceptors (Lipinski definition) is 2. The van der Waals surface area contributed by atoms with Crippen LogP contribution in [-0.2, 0) is 24.1 Å². The lowest BCUT2D eigenvalue weighted by Crippen LogP contribution is -2.41. The Morgan fingerprint density at radius 1 is 0.767 bits per heavy atom. The van der Waals surface area contributed by atoms with Gasteiger partial charge in [0.2, 0.25) is 0 Å². The molecule has 0 amide bonds. The van der Waals surface area contributed by atoms with Crippen molar-refractivity contribution < 1.29 is 14.0 Å². The van der Waals surface area contributed by atoms with E-state index in [9.17, 15) is 0 Å². The van der Waals surface area contributed by atoms with Crippen LogP contribution in [0.15, 0.2) is 48.5 Å². The van der Waals surface area contributed by atoms with Gasteiger partial charge in [0.1, 0.15) is 25.4 Å². The third-order valence-electron chi connectivity index (χ3n) is 5.18. The maximum Gasteiger partial charge on any atom is 0.122 e. The molecule has 0 N–H and O–H groups in total. The second-order valence-corrected chi connectivity index (χ2v) is 9.90. The van der Waals surface area contributed by atoms with Gasteiger partial charge in [-0.15, -0.1) is 0 Å². The van der Waals surface area contributed by atoms with Crippen LogP contribution < -0.4 is 4.74 Å². The number of quaternary nitrogens is 1. The molecule has 0 saturated heterocycles. The molecule has 0 fully saturated rings. The number of benzene rings is 2. The summed E-state index contributed by atoms with van der Waals surface area (Å²) < 4.78 is 12.9. The van der Waals surface area contributed by atoms with E-state index in [-0.39, 0.29) is 0 Å². The van der Waals surface area contributed by atoms with Gasteiger partial charge in [0.15, 0.2) is 0 Å². The molecule has 0 spiro atoms. The van der Waals surface area contributed by atoms with Crippen molar-refractivity contribution in [2.24, 2.45) is 11.8 Å². The molecule has 0 bridgehead atoms. The van der Waals surface area contributed by atoms with Crippen molar-refractivity contribution in [1.29, 1.82) is 0 Å². The monoisotopic (exact) mass is 412 g/mol. The lowest BCUT2D eigenvalue weighted by atomic mass is 9.96. The molecule has 0 aliphatic heterocycles.